The highest BCUT2D eigenvalue weighted by Crippen LogP contribution is 2.40. The summed E-state index contributed by atoms with van der Waals surface area (Å²) in [7, 11) is 0. The lowest BCUT2D eigenvalue weighted by molar-refractivity contribution is -0.500. The van der Waals surface area contributed by atoms with Gasteiger partial charge >= 0.3 is 0 Å². The highest BCUT2D eigenvalue weighted by Gasteiger charge is 2.14. The minimum Gasteiger partial charge on any atom is -0.506 e. The number of hydrazine groups is 1. The molecule has 0 radical (unpaired) electrons. The number of rotatable bonds is 3. The Morgan fingerprint density at radius 1 is 1.44 bits per heavy atom. The predicted molar refractivity (Wildman–Crippen MR) is 80.7 cm³/mol. The lowest BCUT2D eigenvalue weighted by Gasteiger charge is -2.04. The summed E-state index contributed by atoms with van der Waals surface area (Å²) in [6.07, 6.45) is 1.52. The minimum atomic E-state index is -0.0700. The van der Waals surface area contributed by atoms with Gasteiger partial charge in [-0.15, -0.1) is 10.5 Å². The number of hydrazone groups is 1. The monoisotopic (exact) mass is 396 g/mol. The first-order valence-electron chi connectivity index (χ1n) is 4.99. The van der Waals surface area contributed by atoms with Gasteiger partial charge in [-0.2, -0.15) is 0 Å². The van der Waals surface area contributed by atoms with Crippen LogP contribution >= 0.6 is 44.1 Å². The van der Waals surface area contributed by atoms with E-state index in [-0.39, 0.29) is 16.0 Å². The summed E-state index contributed by atoms with van der Waals surface area (Å²) in [6.45, 7) is 2.65. The Hall–Kier alpha value is -0.860. The van der Waals surface area contributed by atoms with Crippen LogP contribution in [0.4, 0.5) is 0 Å². The van der Waals surface area contributed by atoms with E-state index >= 15 is 0 Å². The molecule has 0 atom stereocenters. The van der Waals surface area contributed by atoms with Crippen molar-refractivity contribution in [1.82, 2.24) is 10.7 Å². The molecule has 5 N–H and O–H groups in total. The molecule has 0 heterocycles. The van der Waals surface area contributed by atoms with E-state index in [9.17, 15) is 10.2 Å². The molecule has 0 spiro atoms. The van der Waals surface area contributed by atoms with Gasteiger partial charge in [0.2, 0.25) is 11.3 Å². The molecule has 1 aromatic rings. The molecule has 5 nitrogen and oxygen atoms in total. The van der Waals surface area contributed by atoms with Crippen LogP contribution in [0.3, 0.4) is 0 Å². The molecule has 1 rings (SSSR count). The van der Waals surface area contributed by atoms with Crippen molar-refractivity contribution in [3.05, 3.63) is 20.6 Å². The minimum absolute atomic E-state index is 0.0548. The maximum absolute atomic E-state index is 9.80. The van der Waals surface area contributed by atoms with Gasteiger partial charge in [0.25, 0.3) is 0 Å². The van der Waals surface area contributed by atoms with Gasteiger partial charge in [-0.3, -0.25) is 0 Å². The summed E-state index contributed by atoms with van der Waals surface area (Å²) in [4.78, 5) is 0. The molecule has 0 saturated heterocycles. The zero-order chi connectivity index (χ0) is 13.7. The van der Waals surface area contributed by atoms with Crippen LogP contribution in [0.25, 0.3) is 0 Å². The van der Waals surface area contributed by atoms with Crippen LogP contribution in [0.15, 0.2) is 15.0 Å². The molecular weight excluding hydrogens is 386 g/mol. The normalized spacial score (nSPS) is 10.6. The highest BCUT2D eigenvalue weighted by molar-refractivity contribution is 9.11. The average Bonchev–Trinajstić information content (AvgIpc) is 2.33. The van der Waals surface area contributed by atoms with Crippen LogP contribution < -0.4 is 15.8 Å². The van der Waals surface area contributed by atoms with Gasteiger partial charge in [0.15, 0.2) is 0 Å². The molecule has 98 valence electrons. The number of benzene rings is 1. The summed E-state index contributed by atoms with van der Waals surface area (Å²) in [5, 5.41) is 25.4. The molecule has 0 bridgehead atoms. The second-order valence-electron chi connectivity index (χ2n) is 3.23. The van der Waals surface area contributed by atoms with Crippen LogP contribution in [-0.4, -0.2) is 28.1 Å². The Bertz CT molecular complexity index is 495. The summed E-state index contributed by atoms with van der Waals surface area (Å²) in [5.41, 5.74) is 3.21. The number of phenols is 2. The number of nitrogens with one attached hydrogen (secondary N) is 3. The Morgan fingerprint density at radius 3 is 2.72 bits per heavy atom. The van der Waals surface area contributed by atoms with Crippen LogP contribution in [-0.2, 0) is 0 Å². The van der Waals surface area contributed by atoms with E-state index in [2.05, 4.69) is 47.7 Å². The lowest BCUT2D eigenvalue weighted by atomic mass is 10.2. The molecule has 0 fully saturated rings. The number of thiocarbonyl (C=S) groups is 1. The van der Waals surface area contributed by atoms with Gasteiger partial charge in [-0.1, -0.05) is 0 Å². The third-order valence-electron chi connectivity index (χ3n) is 1.95. The smallest absolute Gasteiger partial charge is 0.223 e. The first-order chi connectivity index (χ1) is 8.47. The molecule has 0 unspecified atom stereocenters. The van der Waals surface area contributed by atoms with Crippen molar-refractivity contribution in [1.29, 1.82) is 0 Å². The van der Waals surface area contributed by atoms with Gasteiger partial charge in [0, 0.05) is 6.54 Å². The van der Waals surface area contributed by atoms with Crippen LogP contribution in [0.5, 0.6) is 11.5 Å². The van der Waals surface area contributed by atoms with Crippen LogP contribution in [0, 0.1) is 0 Å². The van der Waals surface area contributed by atoms with Crippen molar-refractivity contribution >= 4 is 55.4 Å². The second-order valence-corrected chi connectivity index (χ2v) is 5.29. The van der Waals surface area contributed by atoms with Gasteiger partial charge in [0.05, 0.1) is 10.0 Å². The quantitative estimate of drug-likeness (QED) is 0.292. The summed E-state index contributed by atoms with van der Waals surface area (Å²) < 4.78 is 0.689. The van der Waals surface area contributed by atoms with E-state index in [0.717, 1.165) is 6.54 Å². The molecule has 1 aromatic carbocycles. The molecular formula is C10H12Br2N3O2S+. The first kappa shape index (κ1) is 15.2. The molecule has 0 saturated carbocycles. The Morgan fingerprint density at radius 2 is 2.11 bits per heavy atom. The van der Waals surface area contributed by atoms with E-state index in [4.69, 9.17) is 12.2 Å². The number of aromatic hydroxyl groups is 2. The molecule has 0 aliphatic carbocycles. The molecule has 0 amide bonds. The second kappa shape index (κ2) is 6.91. The fourth-order valence-corrected chi connectivity index (χ4v) is 2.47. The Kier molecular flexibility index (Phi) is 5.83. The molecule has 0 aliphatic rings. The van der Waals surface area contributed by atoms with Crippen LogP contribution in [0.1, 0.15) is 12.5 Å². The van der Waals surface area contributed by atoms with Gasteiger partial charge in [0.1, 0.15) is 16.0 Å². The molecule has 0 aliphatic heterocycles. The summed E-state index contributed by atoms with van der Waals surface area (Å²) in [6, 6.07) is 1.57. The third-order valence-corrected chi connectivity index (χ3v) is 3.55. The maximum atomic E-state index is 9.80. The largest absolute Gasteiger partial charge is 0.506 e. The van der Waals surface area contributed by atoms with E-state index in [1.54, 1.807) is 6.07 Å². The molecule has 18 heavy (non-hydrogen) atoms. The molecule has 8 heteroatoms. The predicted octanol–water partition coefficient (Wildman–Crippen LogP) is 0.521. The number of hydrogen-bond donors (Lipinski definition) is 5. The van der Waals surface area contributed by atoms with E-state index in [0.29, 0.717) is 15.1 Å². The van der Waals surface area contributed by atoms with Crippen molar-refractivity contribution in [3.63, 3.8) is 0 Å². The standard InChI is InChI=1S/C10H11Br2N3O2S/c1-2-13-10(18)15-14-4-5-3-6(11)9(17)7(12)8(5)16/h3-4,16-17H,2H2,1H3,(H2,13,15,18)/p+1/b14-4+. The fraction of sp³-hybridized carbons (Fsp3) is 0.200. The molecule has 0 aromatic heterocycles. The third kappa shape index (κ3) is 3.82. The SMILES string of the molecule is CCNC(=S)N/[NH+]=C/c1cc(Br)c(O)c(Br)c1O. The van der Waals surface area contributed by atoms with E-state index in [1.807, 2.05) is 6.92 Å². The highest BCUT2D eigenvalue weighted by atomic mass is 79.9. The van der Waals surface area contributed by atoms with E-state index < -0.39 is 0 Å². The summed E-state index contributed by atoms with van der Waals surface area (Å²) >= 11 is 11.2. The van der Waals surface area contributed by atoms with Gasteiger partial charge in [-0.05, 0) is 57.1 Å². The van der Waals surface area contributed by atoms with Crippen molar-refractivity contribution < 1.29 is 15.3 Å². The van der Waals surface area contributed by atoms with Gasteiger partial charge in [-0.25, -0.2) is 0 Å². The topological polar surface area (TPSA) is 78.5 Å². The number of hydrogen-bond acceptors (Lipinski definition) is 3. The number of phenolic OH excluding ortho intramolecular Hbond substituents is 2. The maximum Gasteiger partial charge on any atom is 0.223 e. The van der Waals surface area contributed by atoms with Gasteiger partial charge < -0.3 is 15.5 Å². The van der Waals surface area contributed by atoms with E-state index in [1.165, 1.54) is 6.21 Å². The Labute approximate surface area is 127 Å². The lowest BCUT2D eigenvalue weighted by Crippen LogP contribution is -2.82. The zero-order valence-corrected chi connectivity index (χ0v) is 13.4. The van der Waals surface area contributed by atoms with Crippen molar-refractivity contribution in [3.8, 4) is 11.5 Å². The fourth-order valence-electron chi connectivity index (χ4n) is 1.11. The zero-order valence-electron chi connectivity index (χ0n) is 9.42. The van der Waals surface area contributed by atoms with Crippen molar-refractivity contribution in [2.45, 2.75) is 6.92 Å². The summed E-state index contributed by atoms with van der Waals surface area (Å²) in [5.74, 6) is -0.125. The Balaban J connectivity index is 2.85. The number of halogens is 2. The van der Waals surface area contributed by atoms with Crippen molar-refractivity contribution in [2.75, 3.05) is 6.54 Å². The average molecular weight is 398 g/mol. The van der Waals surface area contributed by atoms with Crippen LogP contribution in [0.2, 0.25) is 0 Å². The van der Waals surface area contributed by atoms with Crippen molar-refractivity contribution in [2.24, 2.45) is 0 Å². The first-order valence-corrected chi connectivity index (χ1v) is 6.99.